The van der Waals surface area contributed by atoms with Crippen LogP contribution in [0.4, 0.5) is 5.13 Å². The Kier molecular flexibility index (Phi) is 4.28. The average molecular weight is 361 g/mol. The number of hydrazone groups is 1. The smallest absolute Gasteiger partial charge is 0.247 e. The highest BCUT2D eigenvalue weighted by atomic mass is 32.1. The minimum atomic E-state index is -0.262. The van der Waals surface area contributed by atoms with Crippen molar-refractivity contribution in [1.82, 2.24) is 15.6 Å². The Hall–Kier alpha value is -3.32. The fourth-order valence-electron chi connectivity index (χ4n) is 2.87. The second-order valence-corrected chi connectivity index (χ2v) is 6.83. The monoisotopic (exact) mass is 361 g/mol. The van der Waals surface area contributed by atoms with Crippen LogP contribution in [0, 0.1) is 0 Å². The van der Waals surface area contributed by atoms with Crippen molar-refractivity contribution in [2.45, 2.75) is 6.42 Å². The molecule has 0 aliphatic rings. The van der Waals surface area contributed by atoms with Gasteiger partial charge in [0.25, 0.3) is 0 Å². The number of nitrogens with two attached hydrogens (primary N) is 1. The quantitative estimate of drug-likeness (QED) is 0.332. The van der Waals surface area contributed by atoms with Crippen molar-refractivity contribution in [1.29, 1.82) is 0 Å². The third-order valence-electron chi connectivity index (χ3n) is 3.99. The number of anilines is 1. The Bertz CT molecular complexity index is 1080. The van der Waals surface area contributed by atoms with Crippen molar-refractivity contribution >= 4 is 50.1 Å². The zero-order valence-electron chi connectivity index (χ0n) is 13.7. The Morgan fingerprint density at radius 3 is 2.35 bits per heavy atom. The Morgan fingerprint density at radius 1 is 1.08 bits per heavy atom. The Balaban J connectivity index is 1.62. The van der Waals surface area contributed by atoms with Crippen LogP contribution in [0.15, 0.2) is 59.7 Å². The van der Waals surface area contributed by atoms with Crippen LogP contribution >= 0.6 is 11.3 Å². The maximum absolute atomic E-state index is 12.0. The van der Waals surface area contributed by atoms with E-state index in [0.29, 0.717) is 10.1 Å². The lowest BCUT2D eigenvalue weighted by atomic mass is 9.97. The van der Waals surface area contributed by atoms with Crippen molar-refractivity contribution in [3.05, 3.63) is 65.2 Å². The van der Waals surface area contributed by atoms with E-state index in [4.69, 9.17) is 5.73 Å². The molecule has 6 nitrogen and oxygen atoms in total. The third kappa shape index (κ3) is 3.25. The summed E-state index contributed by atoms with van der Waals surface area (Å²) in [5, 5.41) is 17.0. The molecule has 4 aromatic rings. The van der Waals surface area contributed by atoms with E-state index in [0.717, 1.165) is 27.1 Å². The number of nitrogen functional groups attached to an aromatic ring is 1. The number of amides is 1. The second kappa shape index (κ2) is 6.89. The summed E-state index contributed by atoms with van der Waals surface area (Å²) in [6.07, 6.45) is 1.79. The van der Waals surface area contributed by atoms with Gasteiger partial charge < -0.3 is 5.73 Å². The summed E-state index contributed by atoms with van der Waals surface area (Å²) in [6.45, 7) is 0. The number of carbonyl (C=O) groups excluding carboxylic acids is 1. The Morgan fingerprint density at radius 2 is 1.73 bits per heavy atom. The molecule has 1 aromatic heterocycles. The molecule has 128 valence electrons. The van der Waals surface area contributed by atoms with E-state index in [2.05, 4.69) is 51.1 Å². The van der Waals surface area contributed by atoms with Gasteiger partial charge in [-0.3, -0.25) is 4.79 Å². The van der Waals surface area contributed by atoms with Crippen LogP contribution in [-0.2, 0) is 11.2 Å². The van der Waals surface area contributed by atoms with Gasteiger partial charge in [-0.2, -0.15) is 5.10 Å². The summed E-state index contributed by atoms with van der Waals surface area (Å²) in [5.41, 5.74) is 9.04. The van der Waals surface area contributed by atoms with Gasteiger partial charge in [-0.1, -0.05) is 59.9 Å². The SMILES string of the molecule is Nc1nnc(CC(=O)N/N=C/c2c3ccccc3cc3ccccc23)s1. The molecule has 0 saturated heterocycles. The van der Waals surface area contributed by atoms with Gasteiger partial charge in [0.15, 0.2) is 0 Å². The topological polar surface area (TPSA) is 93.3 Å². The van der Waals surface area contributed by atoms with Crippen LogP contribution in [-0.4, -0.2) is 22.3 Å². The van der Waals surface area contributed by atoms with E-state index >= 15 is 0 Å². The summed E-state index contributed by atoms with van der Waals surface area (Å²) >= 11 is 1.19. The Labute approximate surface area is 153 Å². The van der Waals surface area contributed by atoms with E-state index in [1.165, 1.54) is 11.3 Å². The number of rotatable bonds is 4. The van der Waals surface area contributed by atoms with Crippen molar-refractivity contribution in [2.75, 3.05) is 5.73 Å². The molecule has 7 heteroatoms. The zero-order chi connectivity index (χ0) is 17.9. The number of hydrogen-bond acceptors (Lipinski definition) is 6. The first-order valence-corrected chi connectivity index (χ1v) is 8.82. The highest BCUT2D eigenvalue weighted by Crippen LogP contribution is 2.27. The molecule has 1 amide bonds. The fourth-order valence-corrected chi connectivity index (χ4v) is 3.48. The van der Waals surface area contributed by atoms with E-state index in [9.17, 15) is 4.79 Å². The zero-order valence-corrected chi connectivity index (χ0v) is 14.5. The average Bonchev–Trinajstić information content (AvgIpc) is 3.05. The van der Waals surface area contributed by atoms with E-state index in [-0.39, 0.29) is 12.3 Å². The molecule has 3 aromatic carbocycles. The van der Waals surface area contributed by atoms with Crippen molar-refractivity contribution in [3.63, 3.8) is 0 Å². The van der Waals surface area contributed by atoms with Crippen molar-refractivity contribution in [3.8, 4) is 0 Å². The van der Waals surface area contributed by atoms with Gasteiger partial charge in [0.1, 0.15) is 5.01 Å². The minimum Gasteiger partial charge on any atom is -0.374 e. The predicted octanol–water partition coefficient (Wildman–Crippen LogP) is 3.12. The highest BCUT2D eigenvalue weighted by molar-refractivity contribution is 7.15. The van der Waals surface area contributed by atoms with Gasteiger partial charge in [0.05, 0.1) is 12.6 Å². The number of nitrogens with zero attached hydrogens (tertiary/aromatic N) is 3. The van der Waals surface area contributed by atoms with Crippen LogP contribution in [0.3, 0.4) is 0 Å². The van der Waals surface area contributed by atoms with Crippen LogP contribution in [0.5, 0.6) is 0 Å². The van der Waals surface area contributed by atoms with Gasteiger partial charge in [-0.25, -0.2) is 5.43 Å². The van der Waals surface area contributed by atoms with Gasteiger partial charge in [0.2, 0.25) is 11.0 Å². The van der Waals surface area contributed by atoms with Crippen LogP contribution in [0.25, 0.3) is 21.5 Å². The molecule has 0 spiro atoms. The van der Waals surface area contributed by atoms with Crippen LogP contribution in [0.1, 0.15) is 10.6 Å². The first kappa shape index (κ1) is 16.2. The molecule has 0 fully saturated rings. The largest absolute Gasteiger partial charge is 0.374 e. The molecule has 0 saturated carbocycles. The number of nitrogens with one attached hydrogen (secondary N) is 1. The fraction of sp³-hybridized carbons (Fsp3) is 0.0526. The van der Waals surface area contributed by atoms with Crippen LogP contribution < -0.4 is 11.2 Å². The lowest BCUT2D eigenvalue weighted by Gasteiger charge is -2.07. The van der Waals surface area contributed by atoms with Crippen LogP contribution in [0.2, 0.25) is 0 Å². The lowest BCUT2D eigenvalue weighted by Crippen LogP contribution is -2.19. The number of aromatic nitrogens is 2. The highest BCUT2D eigenvalue weighted by Gasteiger charge is 2.08. The predicted molar refractivity (Wildman–Crippen MR) is 105 cm³/mol. The van der Waals surface area contributed by atoms with Gasteiger partial charge in [0, 0.05) is 5.56 Å². The summed E-state index contributed by atoms with van der Waals surface area (Å²) < 4.78 is 0. The molecule has 0 aliphatic heterocycles. The molecule has 0 radical (unpaired) electrons. The molecule has 0 bridgehead atoms. The molecule has 0 aliphatic carbocycles. The van der Waals surface area contributed by atoms with Gasteiger partial charge in [-0.15, -0.1) is 10.2 Å². The third-order valence-corrected chi connectivity index (χ3v) is 4.74. The standard InChI is InChI=1S/C19H15N5OS/c20-19-24-23-18(26-19)10-17(25)22-21-11-16-14-7-3-1-5-12(14)9-13-6-2-4-8-15(13)16/h1-9,11H,10H2,(H2,20,24)(H,22,25)/b21-11+. The molecule has 1 heterocycles. The maximum Gasteiger partial charge on any atom is 0.247 e. The number of hydrogen-bond donors (Lipinski definition) is 2. The number of benzene rings is 3. The van der Waals surface area contributed by atoms with Gasteiger partial charge in [-0.05, 0) is 27.6 Å². The summed E-state index contributed by atoms with van der Waals surface area (Å²) in [7, 11) is 0. The number of fused-ring (bicyclic) bond motifs is 2. The second-order valence-electron chi connectivity index (χ2n) is 5.74. The molecule has 3 N–H and O–H groups in total. The van der Waals surface area contributed by atoms with E-state index in [1.54, 1.807) is 6.21 Å². The van der Waals surface area contributed by atoms with E-state index in [1.807, 2.05) is 24.3 Å². The number of carbonyl (C=O) groups is 1. The minimum absolute atomic E-state index is 0.0997. The molecule has 4 rings (SSSR count). The maximum atomic E-state index is 12.0. The van der Waals surface area contributed by atoms with Gasteiger partial charge >= 0.3 is 0 Å². The molecule has 0 atom stereocenters. The molecular weight excluding hydrogens is 346 g/mol. The van der Waals surface area contributed by atoms with Crippen molar-refractivity contribution < 1.29 is 4.79 Å². The molecule has 26 heavy (non-hydrogen) atoms. The molecular formula is C19H15N5OS. The first-order valence-electron chi connectivity index (χ1n) is 8.01. The summed E-state index contributed by atoms with van der Waals surface area (Å²) in [6, 6.07) is 18.4. The normalized spacial score (nSPS) is 11.4. The summed E-state index contributed by atoms with van der Waals surface area (Å²) in [4.78, 5) is 12.0. The molecule has 0 unspecified atom stereocenters. The van der Waals surface area contributed by atoms with Crippen molar-refractivity contribution in [2.24, 2.45) is 5.10 Å². The van der Waals surface area contributed by atoms with E-state index < -0.39 is 0 Å². The first-order chi connectivity index (χ1) is 12.7. The summed E-state index contributed by atoms with van der Waals surface area (Å²) in [5.74, 6) is -0.262. The lowest BCUT2D eigenvalue weighted by molar-refractivity contribution is -0.120.